The molecule has 1 aromatic heterocycles. The molecule has 1 aliphatic heterocycles. The van der Waals surface area contributed by atoms with E-state index < -0.39 is 0 Å². The third-order valence-electron chi connectivity index (χ3n) is 1.31. The molecule has 0 aliphatic carbocycles. The number of rotatable bonds is 1. The van der Waals surface area contributed by atoms with E-state index >= 15 is 0 Å². The third kappa shape index (κ3) is 0.863. The van der Waals surface area contributed by atoms with Crippen molar-refractivity contribution in [1.29, 1.82) is 0 Å². The summed E-state index contributed by atoms with van der Waals surface area (Å²) in [5, 5.41) is 5.82. The van der Waals surface area contributed by atoms with Gasteiger partial charge in [0.2, 0.25) is 0 Å². The first kappa shape index (κ1) is 5.73. The van der Waals surface area contributed by atoms with Crippen LogP contribution < -0.4 is 0 Å². The summed E-state index contributed by atoms with van der Waals surface area (Å²) in [4.78, 5) is 4.15. The van der Waals surface area contributed by atoms with Gasteiger partial charge in [-0.15, -0.1) is 5.10 Å². The summed E-state index contributed by atoms with van der Waals surface area (Å²) in [6, 6.07) is 0.124. The molecule has 1 atom stereocenters. The molecule has 0 aromatic carbocycles. The van der Waals surface area contributed by atoms with Crippen molar-refractivity contribution in [1.82, 2.24) is 9.59 Å². The van der Waals surface area contributed by atoms with Gasteiger partial charge in [-0.2, -0.15) is 0 Å². The predicted molar refractivity (Wildman–Crippen MR) is 40.3 cm³/mol. The molecule has 4 heteroatoms. The Morgan fingerprint density at radius 3 is 3.10 bits per heavy atom. The highest BCUT2D eigenvalue weighted by molar-refractivity contribution is 7.03. The highest BCUT2D eigenvalue weighted by Crippen LogP contribution is 2.19. The monoisotopic (exact) mass is 151 g/mol. The van der Waals surface area contributed by atoms with Crippen LogP contribution in [0.2, 0.25) is 0 Å². The molecule has 0 fully saturated rings. The van der Waals surface area contributed by atoms with Crippen LogP contribution in [0.3, 0.4) is 0 Å². The third-order valence-corrected chi connectivity index (χ3v) is 1.83. The second kappa shape index (κ2) is 2.30. The van der Waals surface area contributed by atoms with Gasteiger partial charge in [-0.1, -0.05) is 10.6 Å². The van der Waals surface area contributed by atoms with Crippen molar-refractivity contribution in [3.05, 3.63) is 23.2 Å². The van der Waals surface area contributed by atoms with Crippen LogP contribution in [0.25, 0.3) is 0 Å². The fraction of sp³-hybridized carbons (Fsp3) is 0.167. The van der Waals surface area contributed by atoms with E-state index in [0.717, 1.165) is 5.69 Å². The maximum Gasteiger partial charge on any atom is 0.113 e. The Morgan fingerprint density at radius 2 is 2.50 bits per heavy atom. The normalized spacial score (nSPS) is 22.2. The molecule has 0 saturated heterocycles. The lowest BCUT2D eigenvalue weighted by molar-refractivity contribution is 0.866. The summed E-state index contributed by atoms with van der Waals surface area (Å²) in [6.07, 6.45) is 5.70. The van der Waals surface area contributed by atoms with E-state index in [9.17, 15) is 0 Å². The van der Waals surface area contributed by atoms with Gasteiger partial charge in [-0.25, -0.2) is 0 Å². The number of aliphatic imine (C=N–C) groups is 1. The van der Waals surface area contributed by atoms with E-state index in [1.54, 1.807) is 6.21 Å². The fourth-order valence-electron chi connectivity index (χ4n) is 0.823. The first-order chi connectivity index (χ1) is 4.97. The van der Waals surface area contributed by atoms with E-state index in [1.807, 2.05) is 17.5 Å². The van der Waals surface area contributed by atoms with Gasteiger partial charge in [-0.3, -0.25) is 4.99 Å². The fourth-order valence-corrected chi connectivity index (χ4v) is 1.31. The lowest BCUT2D eigenvalue weighted by Crippen LogP contribution is -1.87. The zero-order valence-corrected chi connectivity index (χ0v) is 5.95. The zero-order chi connectivity index (χ0) is 6.81. The van der Waals surface area contributed by atoms with E-state index in [0.29, 0.717) is 0 Å². The molecule has 0 N–H and O–H groups in total. The SMILES string of the molecule is C1=CC(c2csnn2)N=C1. The van der Waals surface area contributed by atoms with Gasteiger partial charge in [0.25, 0.3) is 0 Å². The molecular formula is C6H5N3S. The Labute approximate surface area is 62.3 Å². The van der Waals surface area contributed by atoms with Crippen molar-refractivity contribution in [2.45, 2.75) is 6.04 Å². The average Bonchev–Trinajstić information content (AvgIpc) is 2.59. The number of allylic oxidation sites excluding steroid dienone is 1. The van der Waals surface area contributed by atoms with Crippen molar-refractivity contribution in [2.75, 3.05) is 0 Å². The summed E-state index contributed by atoms with van der Waals surface area (Å²) < 4.78 is 3.75. The minimum absolute atomic E-state index is 0.124. The lowest BCUT2D eigenvalue weighted by Gasteiger charge is -1.94. The Hall–Kier alpha value is -1.03. The minimum atomic E-state index is 0.124. The van der Waals surface area contributed by atoms with Crippen LogP contribution in [0, 0.1) is 0 Å². The average molecular weight is 151 g/mol. The van der Waals surface area contributed by atoms with Crippen molar-refractivity contribution < 1.29 is 0 Å². The molecule has 50 valence electrons. The van der Waals surface area contributed by atoms with E-state index in [2.05, 4.69) is 14.6 Å². The number of hydrogen-bond donors (Lipinski definition) is 0. The van der Waals surface area contributed by atoms with Gasteiger partial charge in [-0.05, 0) is 17.6 Å². The number of hydrogen-bond acceptors (Lipinski definition) is 4. The highest BCUT2D eigenvalue weighted by Gasteiger charge is 2.09. The molecule has 0 bridgehead atoms. The van der Waals surface area contributed by atoms with E-state index in [-0.39, 0.29) is 6.04 Å². The molecule has 1 aliphatic rings. The van der Waals surface area contributed by atoms with Gasteiger partial charge in [0.05, 0.1) is 0 Å². The van der Waals surface area contributed by atoms with E-state index in [4.69, 9.17) is 0 Å². The maximum absolute atomic E-state index is 4.15. The summed E-state index contributed by atoms with van der Waals surface area (Å²) >= 11 is 1.36. The minimum Gasteiger partial charge on any atom is -0.279 e. The molecule has 1 aromatic rings. The Morgan fingerprint density at radius 1 is 1.50 bits per heavy atom. The summed E-state index contributed by atoms with van der Waals surface area (Å²) in [6.45, 7) is 0. The smallest absolute Gasteiger partial charge is 0.113 e. The summed E-state index contributed by atoms with van der Waals surface area (Å²) in [5.41, 5.74) is 0.940. The second-order valence-electron chi connectivity index (χ2n) is 1.96. The lowest BCUT2D eigenvalue weighted by atomic mass is 10.2. The predicted octanol–water partition coefficient (Wildman–Crippen LogP) is 1.22. The largest absolute Gasteiger partial charge is 0.279 e. The van der Waals surface area contributed by atoms with Crippen LogP contribution in [0.4, 0.5) is 0 Å². The maximum atomic E-state index is 4.15. The molecule has 1 unspecified atom stereocenters. The van der Waals surface area contributed by atoms with Crippen molar-refractivity contribution in [3.8, 4) is 0 Å². The zero-order valence-electron chi connectivity index (χ0n) is 5.14. The van der Waals surface area contributed by atoms with Crippen LogP contribution in [0.5, 0.6) is 0 Å². The van der Waals surface area contributed by atoms with Gasteiger partial charge in [0, 0.05) is 11.6 Å². The quantitative estimate of drug-likeness (QED) is 0.605. The second-order valence-corrected chi connectivity index (χ2v) is 2.57. The van der Waals surface area contributed by atoms with Gasteiger partial charge < -0.3 is 0 Å². The highest BCUT2D eigenvalue weighted by atomic mass is 32.1. The van der Waals surface area contributed by atoms with Crippen molar-refractivity contribution in [2.24, 2.45) is 4.99 Å². The molecule has 2 heterocycles. The van der Waals surface area contributed by atoms with Crippen LogP contribution in [0.1, 0.15) is 11.7 Å². The van der Waals surface area contributed by atoms with Gasteiger partial charge >= 0.3 is 0 Å². The van der Waals surface area contributed by atoms with Crippen LogP contribution >= 0.6 is 11.5 Å². The molecule has 2 rings (SSSR count). The number of aromatic nitrogens is 2. The standard InChI is InChI=1S/C6H5N3S/c1-2-5(7-3-1)6-4-10-9-8-6/h1-5H. The Bertz CT molecular complexity index is 251. The van der Waals surface area contributed by atoms with Gasteiger partial charge in [0.1, 0.15) is 11.7 Å². The first-order valence-corrected chi connectivity index (χ1v) is 3.77. The Balaban J connectivity index is 2.29. The molecule has 10 heavy (non-hydrogen) atoms. The summed E-state index contributed by atoms with van der Waals surface area (Å²) in [5.74, 6) is 0. The van der Waals surface area contributed by atoms with Crippen LogP contribution in [0.15, 0.2) is 22.5 Å². The van der Waals surface area contributed by atoms with Crippen molar-refractivity contribution >= 4 is 17.7 Å². The molecule has 3 nitrogen and oxygen atoms in total. The molecule has 0 saturated carbocycles. The van der Waals surface area contributed by atoms with Crippen LogP contribution in [-0.2, 0) is 0 Å². The van der Waals surface area contributed by atoms with Crippen LogP contribution in [-0.4, -0.2) is 15.8 Å². The topological polar surface area (TPSA) is 38.1 Å². The summed E-state index contributed by atoms with van der Waals surface area (Å²) in [7, 11) is 0. The number of nitrogens with zero attached hydrogens (tertiary/aromatic N) is 3. The molecule has 0 radical (unpaired) electrons. The first-order valence-electron chi connectivity index (χ1n) is 2.94. The van der Waals surface area contributed by atoms with E-state index in [1.165, 1.54) is 11.5 Å². The molecule has 0 spiro atoms. The van der Waals surface area contributed by atoms with Gasteiger partial charge in [0.15, 0.2) is 0 Å². The molecular weight excluding hydrogens is 146 g/mol. The molecule has 0 amide bonds. The Kier molecular flexibility index (Phi) is 1.32. The van der Waals surface area contributed by atoms with Crippen molar-refractivity contribution in [3.63, 3.8) is 0 Å².